The molecule has 1 saturated heterocycles. The van der Waals surface area contributed by atoms with Gasteiger partial charge in [0.05, 0.1) is 31.4 Å². The van der Waals surface area contributed by atoms with E-state index in [0.717, 1.165) is 12.8 Å². The minimum Gasteiger partial charge on any atom is -0.483 e. The molecule has 1 amide bonds. The Labute approximate surface area is 158 Å². The highest BCUT2D eigenvalue weighted by Crippen LogP contribution is 2.26. The maximum atomic E-state index is 11.7. The highest BCUT2D eigenvalue weighted by molar-refractivity contribution is 5.78. The Morgan fingerprint density at radius 2 is 1.85 bits per heavy atom. The van der Waals surface area contributed by atoms with Crippen LogP contribution in [0.1, 0.15) is 65.2 Å². The van der Waals surface area contributed by atoms with Gasteiger partial charge in [-0.15, -0.1) is 0 Å². The molecule has 0 unspecified atom stereocenters. The molecule has 1 heterocycles. The number of nitrogens with two attached hydrogens (primary N) is 1. The third-order valence-corrected chi connectivity index (χ3v) is 4.77. The molecule has 4 atom stereocenters. The van der Waals surface area contributed by atoms with Gasteiger partial charge in [0.15, 0.2) is 0 Å². The Morgan fingerprint density at radius 1 is 1.27 bits per heavy atom. The molecule has 0 aromatic rings. The van der Waals surface area contributed by atoms with Crippen LogP contribution in [0, 0.1) is 5.92 Å². The summed E-state index contributed by atoms with van der Waals surface area (Å²) in [5.74, 6) is 0.132. The first-order valence-electron chi connectivity index (χ1n) is 9.77. The van der Waals surface area contributed by atoms with Gasteiger partial charge in [0, 0.05) is 13.0 Å². The van der Waals surface area contributed by atoms with Gasteiger partial charge in [-0.1, -0.05) is 58.8 Å². The first kappa shape index (κ1) is 24.8. The maximum Gasteiger partial charge on any atom is 0.290 e. The molecule has 7 nitrogen and oxygen atoms in total. The Bertz CT molecular complexity index is 368. The number of nitrogens with one attached hydrogen (secondary N) is 1. The molecule has 1 aliphatic rings. The van der Waals surface area contributed by atoms with E-state index in [1.165, 1.54) is 38.5 Å². The maximum absolute atomic E-state index is 11.7. The Hall–Kier alpha value is -1.18. The highest BCUT2D eigenvalue weighted by atomic mass is 16.5. The third kappa shape index (κ3) is 10.1. The molecule has 0 bridgehead atoms. The zero-order chi connectivity index (χ0) is 19.8. The zero-order valence-corrected chi connectivity index (χ0v) is 16.6. The predicted octanol–water partition coefficient (Wildman–Crippen LogP) is 2.32. The molecule has 26 heavy (non-hydrogen) atoms. The van der Waals surface area contributed by atoms with E-state index in [9.17, 15) is 4.79 Å². The summed E-state index contributed by atoms with van der Waals surface area (Å²) in [6, 6.07) is -0.0973. The molecule has 0 aromatic carbocycles. The van der Waals surface area contributed by atoms with Crippen LogP contribution in [-0.2, 0) is 19.1 Å². The van der Waals surface area contributed by atoms with Crippen LogP contribution in [0.15, 0.2) is 0 Å². The first-order chi connectivity index (χ1) is 12.5. The van der Waals surface area contributed by atoms with Crippen LogP contribution in [0.2, 0.25) is 0 Å². The van der Waals surface area contributed by atoms with Gasteiger partial charge >= 0.3 is 0 Å². The molecule has 0 saturated carbocycles. The van der Waals surface area contributed by atoms with Crippen molar-refractivity contribution in [3.63, 3.8) is 0 Å². The predicted molar refractivity (Wildman–Crippen MR) is 102 cm³/mol. The molecular weight excluding hydrogens is 336 g/mol. The first-order valence-corrected chi connectivity index (χ1v) is 9.77. The fourth-order valence-corrected chi connectivity index (χ4v) is 3.40. The largest absolute Gasteiger partial charge is 0.483 e. The minimum absolute atomic E-state index is 0.00542. The molecule has 0 aromatic heterocycles. The van der Waals surface area contributed by atoms with Crippen molar-refractivity contribution in [2.45, 2.75) is 83.5 Å². The van der Waals surface area contributed by atoms with Gasteiger partial charge in [-0.25, -0.2) is 0 Å². The number of rotatable bonds is 11. The zero-order valence-electron chi connectivity index (χ0n) is 16.6. The van der Waals surface area contributed by atoms with Crippen LogP contribution in [0.3, 0.4) is 0 Å². The number of hydrogen-bond acceptors (Lipinski definition) is 5. The van der Waals surface area contributed by atoms with Crippen LogP contribution in [0.5, 0.6) is 0 Å². The summed E-state index contributed by atoms with van der Waals surface area (Å²) < 4.78 is 11.6. The lowest BCUT2D eigenvalue weighted by molar-refractivity contribution is -0.137. The van der Waals surface area contributed by atoms with Crippen molar-refractivity contribution in [2.24, 2.45) is 11.7 Å². The number of carbonyl (C=O) groups excluding carboxylic acids is 1. The molecule has 4 N–H and O–H groups in total. The molecule has 1 aliphatic heterocycles. The second-order valence-corrected chi connectivity index (χ2v) is 6.86. The minimum atomic E-state index is -0.250. The van der Waals surface area contributed by atoms with E-state index in [1.54, 1.807) is 7.11 Å². The van der Waals surface area contributed by atoms with Crippen molar-refractivity contribution in [2.75, 3.05) is 20.3 Å². The van der Waals surface area contributed by atoms with E-state index in [1.807, 2.05) is 0 Å². The van der Waals surface area contributed by atoms with Crippen LogP contribution in [0.4, 0.5) is 0 Å². The lowest BCUT2D eigenvalue weighted by atomic mass is 9.88. The fraction of sp³-hybridized carbons (Fsp3) is 0.895. The van der Waals surface area contributed by atoms with Crippen LogP contribution in [-0.4, -0.2) is 56.0 Å². The molecule has 7 heteroatoms. The number of unbranched alkanes of at least 4 members (excludes halogenated alkanes) is 6. The standard InChI is InChI=1S/C18H36N2O3.CH2O2/c1-4-5-6-7-8-9-10-11-15-17(20-16(21)12-19)18(22-3)14(2)13-23-15;2-1-3/h14-15,17-18H,4-13,19H2,1-3H3,(H,20,21);1H,(H,2,3)/t14-,15-,17+,18-;/m0./s1. The van der Waals surface area contributed by atoms with Crippen molar-refractivity contribution in [1.82, 2.24) is 5.32 Å². The van der Waals surface area contributed by atoms with Crippen molar-refractivity contribution >= 4 is 12.4 Å². The lowest BCUT2D eigenvalue weighted by Gasteiger charge is -2.41. The molecule has 0 aliphatic carbocycles. The van der Waals surface area contributed by atoms with E-state index >= 15 is 0 Å². The SMILES string of the molecule is CCCCCCCCC[C@@H]1OC[C@H](C)[C@H](OC)[C@@H]1NC(=O)CN.O=CO. The van der Waals surface area contributed by atoms with Crippen molar-refractivity contribution in [3.8, 4) is 0 Å². The topological polar surface area (TPSA) is 111 Å². The van der Waals surface area contributed by atoms with E-state index in [0.29, 0.717) is 6.61 Å². The fourth-order valence-electron chi connectivity index (χ4n) is 3.40. The summed E-state index contributed by atoms with van der Waals surface area (Å²) in [5.41, 5.74) is 5.44. The van der Waals surface area contributed by atoms with Gasteiger partial charge in [-0.2, -0.15) is 0 Å². The quantitative estimate of drug-likeness (QED) is 0.378. The summed E-state index contributed by atoms with van der Waals surface area (Å²) in [5, 5.41) is 9.89. The normalized spacial score (nSPS) is 25.1. The monoisotopic (exact) mass is 374 g/mol. The highest BCUT2D eigenvalue weighted by Gasteiger charge is 2.39. The number of hydrogen-bond donors (Lipinski definition) is 3. The Balaban J connectivity index is 0.00000194. The van der Waals surface area contributed by atoms with Gasteiger partial charge < -0.3 is 25.6 Å². The van der Waals surface area contributed by atoms with Gasteiger partial charge in [0.25, 0.3) is 6.47 Å². The van der Waals surface area contributed by atoms with Gasteiger partial charge in [-0.3, -0.25) is 9.59 Å². The Morgan fingerprint density at radius 3 is 2.38 bits per heavy atom. The number of methoxy groups -OCH3 is 1. The second kappa shape index (κ2) is 16.0. The van der Waals surface area contributed by atoms with Crippen molar-refractivity contribution in [1.29, 1.82) is 0 Å². The van der Waals surface area contributed by atoms with E-state index in [2.05, 4.69) is 19.2 Å². The lowest BCUT2D eigenvalue weighted by Crippen LogP contribution is -2.59. The van der Waals surface area contributed by atoms with Gasteiger partial charge in [0.2, 0.25) is 5.91 Å². The summed E-state index contributed by atoms with van der Waals surface area (Å²) in [4.78, 5) is 20.1. The average molecular weight is 375 g/mol. The van der Waals surface area contributed by atoms with Crippen molar-refractivity contribution in [3.05, 3.63) is 0 Å². The molecule has 154 valence electrons. The molecule has 0 radical (unpaired) electrons. The third-order valence-electron chi connectivity index (χ3n) is 4.77. The number of amides is 1. The summed E-state index contributed by atoms with van der Waals surface area (Å²) in [7, 11) is 1.71. The molecule has 0 spiro atoms. The average Bonchev–Trinajstić information content (AvgIpc) is 2.63. The Kier molecular flexibility index (Phi) is 15.3. The van der Waals surface area contributed by atoms with E-state index < -0.39 is 0 Å². The van der Waals surface area contributed by atoms with Gasteiger partial charge in [-0.05, 0) is 6.42 Å². The second-order valence-electron chi connectivity index (χ2n) is 6.86. The van der Waals surface area contributed by atoms with Gasteiger partial charge in [0.1, 0.15) is 0 Å². The van der Waals surface area contributed by atoms with Crippen molar-refractivity contribution < 1.29 is 24.2 Å². The van der Waals surface area contributed by atoms with E-state index in [4.69, 9.17) is 25.1 Å². The molecule has 1 rings (SSSR count). The molecule has 1 fully saturated rings. The van der Waals surface area contributed by atoms with Crippen LogP contribution >= 0.6 is 0 Å². The van der Waals surface area contributed by atoms with Crippen LogP contribution < -0.4 is 11.1 Å². The number of carbonyl (C=O) groups is 2. The number of carboxylic acid groups (broad SMARTS) is 1. The summed E-state index contributed by atoms with van der Waals surface area (Å²) in [6.45, 7) is 4.78. The van der Waals surface area contributed by atoms with E-state index in [-0.39, 0.29) is 43.1 Å². The summed E-state index contributed by atoms with van der Waals surface area (Å²) in [6.07, 6.45) is 9.94. The van der Waals surface area contributed by atoms with Crippen LogP contribution in [0.25, 0.3) is 0 Å². The molecular formula is C19H38N2O5. The summed E-state index contributed by atoms with van der Waals surface area (Å²) >= 11 is 0. The smallest absolute Gasteiger partial charge is 0.290 e. The number of ether oxygens (including phenoxy) is 2.